The highest BCUT2D eigenvalue weighted by Gasteiger charge is 2.36. The number of hydrogen-bond donors (Lipinski definition) is 1. The normalized spacial score (nSPS) is 14.8. The van der Waals surface area contributed by atoms with Crippen LogP contribution in [0, 0.1) is 0 Å². The van der Waals surface area contributed by atoms with Gasteiger partial charge in [0.2, 0.25) is 0 Å². The van der Waals surface area contributed by atoms with Gasteiger partial charge in [0.05, 0.1) is 21.2 Å². The Hall–Kier alpha value is -3.43. The third-order valence-electron chi connectivity index (χ3n) is 5.07. The van der Waals surface area contributed by atoms with Crippen molar-refractivity contribution in [2.24, 2.45) is 0 Å². The zero-order chi connectivity index (χ0) is 24.9. The van der Waals surface area contributed by atoms with E-state index in [2.05, 4.69) is 37.2 Å². The Morgan fingerprint density at radius 1 is 0.914 bits per heavy atom. The lowest BCUT2D eigenvalue weighted by Gasteiger charge is -2.26. The van der Waals surface area contributed by atoms with E-state index in [0.717, 1.165) is 10.5 Å². The molecule has 0 radical (unpaired) electrons. The number of nitrogens with one attached hydrogen (secondary N) is 1. The molecule has 9 heteroatoms. The Morgan fingerprint density at radius 2 is 1.57 bits per heavy atom. The molecular weight excluding hydrogens is 580 g/mol. The highest BCUT2D eigenvalue weighted by Crippen LogP contribution is 2.36. The van der Waals surface area contributed by atoms with E-state index in [9.17, 15) is 14.4 Å². The van der Waals surface area contributed by atoms with Crippen LogP contribution in [0.5, 0.6) is 11.5 Å². The van der Waals surface area contributed by atoms with Crippen LogP contribution >= 0.6 is 31.9 Å². The minimum Gasteiger partial charge on any atom is -0.494 e. The molecule has 1 saturated heterocycles. The summed E-state index contributed by atoms with van der Waals surface area (Å²) in [6.45, 7) is 2.72. The molecule has 1 aliphatic rings. The van der Waals surface area contributed by atoms with Gasteiger partial charge >= 0.3 is 6.03 Å². The predicted octanol–water partition coefficient (Wildman–Crippen LogP) is 5.86. The predicted molar refractivity (Wildman–Crippen MR) is 139 cm³/mol. The van der Waals surface area contributed by atoms with Crippen LogP contribution in [0.1, 0.15) is 18.1 Å². The van der Waals surface area contributed by atoms with Gasteiger partial charge in [-0.3, -0.25) is 14.9 Å². The molecule has 4 amide bonds. The molecule has 0 spiro atoms. The highest BCUT2D eigenvalue weighted by atomic mass is 79.9. The summed E-state index contributed by atoms with van der Waals surface area (Å²) in [6, 6.07) is 18.9. The van der Waals surface area contributed by atoms with Gasteiger partial charge in [-0.2, -0.15) is 0 Å². The van der Waals surface area contributed by atoms with Crippen LogP contribution in [0.3, 0.4) is 0 Å². The summed E-state index contributed by atoms with van der Waals surface area (Å²) in [5.74, 6) is -0.294. The standard InChI is InChI=1S/C26H20Br2N2O5/c1-2-34-19-10-8-18(9-11-19)30-25(32)20(24(31)29-26(30)33)12-17-13-21(27)23(22(28)14-17)35-15-16-6-4-3-5-7-16/h3-14H,2,15H2,1H3,(H,29,31,33)/b20-12+. The van der Waals surface area contributed by atoms with Crippen molar-refractivity contribution in [1.82, 2.24) is 5.32 Å². The Morgan fingerprint density at radius 3 is 2.20 bits per heavy atom. The maximum absolute atomic E-state index is 13.2. The monoisotopic (exact) mass is 598 g/mol. The van der Waals surface area contributed by atoms with Crippen LogP contribution in [0.2, 0.25) is 0 Å². The van der Waals surface area contributed by atoms with Crippen LogP contribution in [0.15, 0.2) is 81.2 Å². The summed E-state index contributed by atoms with van der Waals surface area (Å²) < 4.78 is 12.6. The summed E-state index contributed by atoms with van der Waals surface area (Å²) >= 11 is 7.00. The van der Waals surface area contributed by atoms with Gasteiger partial charge in [-0.25, -0.2) is 9.69 Å². The zero-order valence-electron chi connectivity index (χ0n) is 18.6. The quantitative estimate of drug-likeness (QED) is 0.272. The van der Waals surface area contributed by atoms with Crippen molar-refractivity contribution >= 4 is 61.5 Å². The van der Waals surface area contributed by atoms with Gasteiger partial charge in [-0.05, 0) is 92.4 Å². The van der Waals surface area contributed by atoms with E-state index < -0.39 is 17.8 Å². The molecule has 1 N–H and O–H groups in total. The van der Waals surface area contributed by atoms with Crippen LogP contribution in [-0.2, 0) is 16.2 Å². The van der Waals surface area contributed by atoms with Gasteiger partial charge in [0.25, 0.3) is 11.8 Å². The van der Waals surface area contributed by atoms with E-state index in [1.165, 1.54) is 6.08 Å². The molecule has 3 aromatic carbocycles. The number of carbonyl (C=O) groups excluding carboxylic acids is 3. The molecule has 35 heavy (non-hydrogen) atoms. The van der Waals surface area contributed by atoms with Crippen molar-refractivity contribution in [2.75, 3.05) is 11.5 Å². The minimum absolute atomic E-state index is 0.171. The van der Waals surface area contributed by atoms with E-state index in [-0.39, 0.29) is 5.57 Å². The van der Waals surface area contributed by atoms with Crippen molar-refractivity contribution in [3.05, 3.63) is 92.4 Å². The fraction of sp³-hybridized carbons (Fsp3) is 0.115. The second kappa shape index (κ2) is 10.9. The fourth-order valence-electron chi connectivity index (χ4n) is 3.45. The number of ether oxygens (including phenoxy) is 2. The first-order valence-electron chi connectivity index (χ1n) is 10.7. The molecule has 1 aliphatic heterocycles. The number of benzene rings is 3. The first-order chi connectivity index (χ1) is 16.9. The maximum Gasteiger partial charge on any atom is 0.335 e. The molecular formula is C26H20Br2N2O5. The van der Waals surface area contributed by atoms with E-state index in [1.54, 1.807) is 36.4 Å². The van der Waals surface area contributed by atoms with Crippen molar-refractivity contribution in [1.29, 1.82) is 0 Å². The first-order valence-corrected chi connectivity index (χ1v) is 12.3. The van der Waals surface area contributed by atoms with Gasteiger partial charge in [-0.15, -0.1) is 0 Å². The number of carbonyl (C=O) groups is 3. The third-order valence-corrected chi connectivity index (χ3v) is 6.24. The van der Waals surface area contributed by atoms with Crippen LogP contribution in [0.25, 0.3) is 6.08 Å². The number of hydrogen-bond acceptors (Lipinski definition) is 5. The van der Waals surface area contributed by atoms with Crippen molar-refractivity contribution in [3.63, 3.8) is 0 Å². The summed E-state index contributed by atoms with van der Waals surface area (Å²) in [5.41, 5.74) is 1.73. The van der Waals surface area contributed by atoms with Gasteiger partial charge < -0.3 is 9.47 Å². The lowest BCUT2D eigenvalue weighted by molar-refractivity contribution is -0.122. The van der Waals surface area contributed by atoms with Gasteiger partial charge in [0.15, 0.2) is 0 Å². The molecule has 1 heterocycles. The first kappa shape index (κ1) is 24.7. The number of urea groups is 1. The Kier molecular flexibility index (Phi) is 7.67. The summed E-state index contributed by atoms with van der Waals surface area (Å²) in [6.07, 6.45) is 1.43. The number of rotatable bonds is 7. The Labute approximate surface area is 219 Å². The lowest BCUT2D eigenvalue weighted by atomic mass is 10.1. The van der Waals surface area contributed by atoms with E-state index in [0.29, 0.717) is 44.9 Å². The molecule has 0 atom stereocenters. The number of anilines is 1. The van der Waals surface area contributed by atoms with E-state index >= 15 is 0 Å². The number of nitrogens with zero attached hydrogens (tertiary/aromatic N) is 1. The summed E-state index contributed by atoms with van der Waals surface area (Å²) in [5, 5.41) is 2.23. The van der Waals surface area contributed by atoms with Crippen LogP contribution in [0.4, 0.5) is 10.5 Å². The van der Waals surface area contributed by atoms with Gasteiger partial charge in [-0.1, -0.05) is 30.3 Å². The molecule has 0 saturated carbocycles. The average molecular weight is 600 g/mol. The van der Waals surface area contributed by atoms with Gasteiger partial charge in [0, 0.05) is 0 Å². The molecule has 4 rings (SSSR count). The minimum atomic E-state index is -0.812. The number of halogens is 2. The molecule has 0 unspecified atom stereocenters. The third kappa shape index (κ3) is 5.63. The number of barbiturate groups is 1. The van der Waals surface area contributed by atoms with Crippen LogP contribution in [-0.4, -0.2) is 24.5 Å². The van der Waals surface area contributed by atoms with Crippen molar-refractivity contribution in [2.45, 2.75) is 13.5 Å². The van der Waals surface area contributed by atoms with Crippen LogP contribution < -0.4 is 19.7 Å². The largest absolute Gasteiger partial charge is 0.494 e. The molecule has 3 aromatic rings. The fourth-order valence-corrected chi connectivity index (χ4v) is 4.90. The summed E-state index contributed by atoms with van der Waals surface area (Å²) in [7, 11) is 0. The maximum atomic E-state index is 13.2. The topological polar surface area (TPSA) is 84.9 Å². The molecule has 0 bridgehead atoms. The van der Waals surface area contributed by atoms with Crippen molar-refractivity contribution in [3.8, 4) is 11.5 Å². The molecule has 7 nitrogen and oxygen atoms in total. The second-order valence-corrected chi connectivity index (χ2v) is 9.18. The summed E-state index contributed by atoms with van der Waals surface area (Å²) in [4.78, 5) is 39.0. The van der Waals surface area contributed by atoms with E-state index in [4.69, 9.17) is 9.47 Å². The second-order valence-electron chi connectivity index (χ2n) is 7.47. The van der Waals surface area contributed by atoms with Gasteiger partial charge in [0.1, 0.15) is 23.7 Å². The molecule has 1 fully saturated rings. The van der Waals surface area contributed by atoms with E-state index in [1.807, 2.05) is 37.3 Å². The molecule has 178 valence electrons. The highest BCUT2D eigenvalue weighted by molar-refractivity contribution is 9.11. The number of amides is 4. The average Bonchev–Trinajstić information content (AvgIpc) is 2.83. The molecule has 0 aromatic heterocycles. The smallest absolute Gasteiger partial charge is 0.335 e. The Bertz CT molecular complexity index is 1280. The zero-order valence-corrected chi connectivity index (χ0v) is 21.8. The van der Waals surface area contributed by atoms with Crippen molar-refractivity contribution < 1.29 is 23.9 Å². The SMILES string of the molecule is CCOc1ccc(N2C(=O)NC(=O)/C(=C\c3cc(Br)c(OCc4ccccc4)c(Br)c3)C2=O)cc1. The Balaban J connectivity index is 1.59. The number of imide groups is 2. The lowest BCUT2D eigenvalue weighted by Crippen LogP contribution is -2.54. The molecule has 0 aliphatic carbocycles.